The fourth-order valence-corrected chi connectivity index (χ4v) is 3.96. The second kappa shape index (κ2) is 10.6. The van der Waals surface area contributed by atoms with Gasteiger partial charge in [0, 0.05) is 0 Å². The van der Waals surface area contributed by atoms with Gasteiger partial charge in [-0.1, -0.05) is 85.0 Å². The molecule has 1 aliphatic rings. The van der Waals surface area contributed by atoms with Crippen LogP contribution in [0.25, 0.3) is 0 Å². The van der Waals surface area contributed by atoms with Crippen molar-refractivity contribution in [2.24, 2.45) is 23.0 Å². The van der Waals surface area contributed by atoms with Crippen LogP contribution in [0.4, 0.5) is 0 Å². The summed E-state index contributed by atoms with van der Waals surface area (Å²) < 4.78 is 0. The van der Waals surface area contributed by atoms with E-state index in [2.05, 4.69) is 20.8 Å². The molecule has 1 saturated carbocycles. The molecule has 0 aromatic rings. The third-order valence-electron chi connectivity index (χ3n) is 5.64. The van der Waals surface area contributed by atoms with Gasteiger partial charge in [-0.25, -0.2) is 0 Å². The first kappa shape index (κ1) is 19.0. The Kier molecular flexibility index (Phi) is 9.64. The van der Waals surface area contributed by atoms with Crippen molar-refractivity contribution < 1.29 is 0 Å². The highest BCUT2D eigenvalue weighted by molar-refractivity contribution is 4.80. The first-order chi connectivity index (χ1) is 10.0. The summed E-state index contributed by atoms with van der Waals surface area (Å²) in [4.78, 5) is 0. The topological polar surface area (TPSA) is 26.0 Å². The lowest BCUT2D eigenvalue weighted by Gasteiger charge is -2.37. The third kappa shape index (κ3) is 8.86. The Morgan fingerprint density at radius 2 is 1.19 bits per heavy atom. The van der Waals surface area contributed by atoms with E-state index < -0.39 is 0 Å². The zero-order chi connectivity index (χ0) is 15.6. The molecule has 1 nitrogen and oxygen atoms in total. The summed E-state index contributed by atoms with van der Waals surface area (Å²) in [5.41, 5.74) is 6.05. The highest BCUT2D eigenvalue weighted by Gasteiger charge is 2.29. The summed E-state index contributed by atoms with van der Waals surface area (Å²) in [6.45, 7) is 8.14. The zero-order valence-corrected chi connectivity index (χ0v) is 15.1. The Hall–Kier alpha value is -0.0400. The van der Waals surface area contributed by atoms with E-state index in [0.717, 1.165) is 18.4 Å². The zero-order valence-electron chi connectivity index (χ0n) is 15.1. The second-order valence-corrected chi connectivity index (χ2v) is 8.49. The van der Waals surface area contributed by atoms with Crippen LogP contribution < -0.4 is 5.73 Å². The van der Waals surface area contributed by atoms with Gasteiger partial charge < -0.3 is 5.73 Å². The molecule has 126 valence electrons. The van der Waals surface area contributed by atoms with Crippen molar-refractivity contribution in [3.05, 3.63) is 0 Å². The standard InChI is InChI=1S/C20H41N/c1-20(2,3)19-15-13-18(14-16-19)12-10-8-6-4-5-7-9-11-17-21/h18-19H,4-17,21H2,1-3H3. The highest BCUT2D eigenvalue weighted by atomic mass is 14.5. The van der Waals surface area contributed by atoms with E-state index in [4.69, 9.17) is 5.73 Å². The smallest absolute Gasteiger partial charge is 0.00773 e. The molecule has 0 unspecified atom stereocenters. The molecule has 21 heavy (non-hydrogen) atoms. The van der Waals surface area contributed by atoms with Crippen molar-refractivity contribution in [1.29, 1.82) is 0 Å². The Labute approximate surface area is 134 Å². The molecule has 0 atom stereocenters. The van der Waals surface area contributed by atoms with Crippen LogP contribution in [0.3, 0.4) is 0 Å². The number of rotatable bonds is 10. The molecule has 0 spiro atoms. The van der Waals surface area contributed by atoms with Crippen LogP contribution in [0.5, 0.6) is 0 Å². The molecule has 0 aliphatic heterocycles. The van der Waals surface area contributed by atoms with Gasteiger partial charge in [-0.2, -0.15) is 0 Å². The van der Waals surface area contributed by atoms with Gasteiger partial charge >= 0.3 is 0 Å². The van der Waals surface area contributed by atoms with E-state index >= 15 is 0 Å². The van der Waals surface area contributed by atoms with Crippen LogP contribution in [0.2, 0.25) is 0 Å². The van der Waals surface area contributed by atoms with Gasteiger partial charge in [-0.3, -0.25) is 0 Å². The molecule has 1 rings (SSSR count). The van der Waals surface area contributed by atoms with Crippen molar-refractivity contribution in [1.82, 2.24) is 0 Å². The minimum Gasteiger partial charge on any atom is -0.330 e. The predicted octanol–water partition coefficient (Wildman–Crippen LogP) is 6.31. The van der Waals surface area contributed by atoms with Crippen molar-refractivity contribution in [3.63, 3.8) is 0 Å². The Morgan fingerprint density at radius 1 is 0.714 bits per heavy atom. The Balaban J connectivity index is 1.91. The molecule has 0 bridgehead atoms. The first-order valence-corrected chi connectivity index (χ1v) is 9.74. The molecule has 2 N–H and O–H groups in total. The van der Waals surface area contributed by atoms with Crippen molar-refractivity contribution in [2.75, 3.05) is 6.54 Å². The minimum absolute atomic E-state index is 0.537. The predicted molar refractivity (Wildman–Crippen MR) is 95.5 cm³/mol. The monoisotopic (exact) mass is 295 g/mol. The second-order valence-electron chi connectivity index (χ2n) is 8.49. The molecule has 0 radical (unpaired) electrons. The molecule has 0 aromatic heterocycles. The lowest BCUT2D eigenvalue weighted by molar-refractivity contribution is 0.145. The number of hydrogen-bond donors (Lipinski definition) is 1. The summed E-state index contributed by atoms with van der Waals surface area (Å²) in [5.74, 6) is 2.02. The molecule has 0 heterocycles. The highest BCUT2D eigenvalue weighted by Crippen LogP contribution is 2.41. The molecular formula is C20H41N. The van der Waals surface area contributed by atoms with E-state index in [1.54, 1.807) is 0 Å². The molecule has 1 heteroatoms. The van der Waals surface area contributed by atoms with Gasteiger partial charge in [0.25, 0.3) is 0 Å². The fourth-order valence-electron chi connectivity index (χ4n) is 3.96. The van der Waals surface area contributed by atoms with Crippen LogP contribution in [-0.4, -0.2) is 6.54 Å². The van der Waals surface area contributed by atoms with E-state index in [-0.39, 0.29) is 0 Å². The molecule has 0 saturated heterocycles. The number of hydrogen-bond acceptors (Lipinski definition) is 1. The number of unbranched alkanes of at least 4 members (excludes halogenated alkanes) is 7. The van der Waals surface area contributed by atoms with Crippen molar-refractivity contribution >= 4 is 0 Å². The Morgan fingerprint density at radius 3 is 1.67 bits per heavy atom. The summed E-state index contributed by atoms with van der Waals surface area (Å²) in [6.07, 6.45) is 18.7. The van der Waals surface area contributed by atoms with Gasteiger partial charge in [0.1, 0.15) is 0 Å². The maximum atomic E-state index is 5.51. The average molecular weight is 296 g/mol. The Bertz CT molecular complexity index is 233. The summed E-state index contributed by atoms with van der Waals surface area (Å²) >= 11 is 0. The lowest BCUT2D eigenvalue weighted by atomic mass is 9.69. The molecule has 1 aliphatic carbocycles. The molecule has 0 amide bonds. The maximum absolute atomic E-state index is 5.51. The minimum atomic E-state index is 0.537. The fraction of sp³-hybridized carbons (Fsp3) is 1.00. The van der Waals surface area contributed by atoms with Crippen LogP contribution in [0.1, 0.15) is 104 Å². The normalized spacial score (nSPS) is 23.4. The van der Waals surface area contributed by atoms with Gasteiger partial charge in [0.05, 0.1) is 0 Å². The third-order valence-corrected chi connectivity index (χ3v) is 5.64. The largest absolute Gasteiger partial charge is 0.330 e. The molecular weight excluding hydrogens is 254 g/mol. The van der Waals surface area contributed by atoms with E-state index in [0.29, 0.717) is 5.41 Å². The van der Waals surface area contributed by atoms with Crippen LogP contribution in [0, 0.1) is 17.3 Å². The SMILES string of the molecule is CC(C)(C)C1CCC(CCCCCCCCCCN)CC1. The van der Waals surface area contributed by atoms with Gasteiger partial charge in [0.2, 0.25) is 0 Å². The van der Waals surface area contributed by atoms with Crippen LogP contribution >= 0.6 is 0 Å². The number of nitrogens with two attached hydrogens (primary N) is 1. The summed E-state index contributed by atoms with van der Waals surface area (Å²) in [6, 6.07) is 0. The van der Waals surface area contributed by atoms with Crippen molar-refractivity contribution in [2.45, 2.75) is 104 Å². The quantitative estimate of drug-likeness (QED) is 0.470. The molecule has 0 aromatic carbocycles. The van der Waals surface area contributed by atoms with Gasteiger partial charge in [0.15, 0.2) is 0 Å². The van der Waals surface area contributed by atoms with Crippen LogP contribution in [-0.2, 0) is 0 Å². The van der Waals surface area contributed by atoms with E-state index in [9.17, 15) is 0 Å². The maximum Gasteiger partial charge on any atom is -0.00773 e. The lowest BCUT2D eigenvalue weighted by Crippen LogP contribution is -2.25. The van der Waals surface area contributed by atoms with E-state index in [1.165, 1.54) is 83.5 Å². The van der Waals surface area contributed by atoms with Gasteiger partial charge in [-0.15, -0.1) is 0 Å². The van der Waals surface area contributed by atoms with E-state index in [1.807, 2.05) is 0 Å². The molecule has 1 fully saturated rings. The van der Waals surface area contributed by atoms with Crippen molar-refractivity contribution in [3.8, 4) is 0 Å². The summed E-state index contributed by atoms with van der Waals surface area (Å²) in [7, 11) is 0. The van der Waals surface area contributed by atoms with Crippen LogP contribution in [0.15, 0.2) is 0 Å². The average Bonchev–Trinajstić information content (AvgIpc) is 2.45. The summed E-state index contributed by atoms with van der Waals surface area (Å²) in [5, 5.41) is 0. The first-order valence-electron chi connectivity index (χ1n) is 9.74. The van der Waals surface area contributed by atoms with Gasteiger partial charge in [-0.05, 0) is 43.1 Å².